The number of nitrogens with zero attached hydrogens (tertiary/aromatic N) is 1. The molecule has 0 aliphatic heterocycles. The van der Waals surface area contributed by atoms with Crippen molar-refractivity contribution in [3.05, 3.63) is 12.7 Å². The predicted molar refractivity (Wildman–Crippen MR) is 45.6 cm³/mol. The van der Waals surface area contributed by atoms with E-state index in [-0.39, 0.29) is 12.2 Å². The van der Waals surface area contributed by atoms with Crippen molar-refractivity contribution in [1.29, 1.82) is 0 Å². The Balaban J connectivity index is 3.88. The molecule has 0 heterocycles. The highest BCUT2D eigenvalue weighted by atomic mass is 16.7. The van der Waals surface area contributed by atoms with Gasteiger partial charge in [0, 0.05) is 21.3 Å². The molecule has 4 heteroatoms. The molecule has 0 spiro atoms. The lowest BCUT2D eigenvalue weighted by molar-refractivity contribution is -0.138. The second kappa shape index (κ2) is 5.74. The molecule has 0 radical (unpaired) electrons. The van der Waals surface area contributed by atoms with Gasteiger partial charge in [-0.25, -0.2) is 0 Å². The van der Waals surface area contributed by atoms with Crippen molar-refractivity contribution in [2.24, 2.45) is 0 Å². The predicted octanol–water partition coefficient (Wildman–Crippen LogP) is 0.250. The summed E-state index contributed by atoms with van der Waals surface area (Å²) < 4.78 is 9.83. The number of hydrogen-bond donors (Lipinski definition) is 0. The molecule has 0 saturated carbocycles. The summed E-state index contributed by atoms with van der Waals surface area (Å²) in [5, 5.41) is 0. The molecule has 0 aliphatic carbocycles. The number of carbonyl (C=O) groups excluding carboxylic acids is 1. The Hall–Kier alpha value is -0.870. The van der Waals surface area contributed by atoms with Gasteiger partial charge in [0.1, 0.15) is 0 Å². The molecule has 0 rings (SSSR count). The Labute approximate surface area is 72.8 Å². The molecule has 70 valence electrons. The zero-order valence-electron chi connectivity index (χ0n) is 7.74. The van der Waals surface area contributed by atoms with Crippen molar-refractivity contribution in [2.75, 3.05) is 27.8 Å². The second-order valence-corrected chi connectivity index (χ2v) is 2.32. The first-order chi connectivity index (χ1) is 5.65. The summed E-state index contributed by atoms with van der Waals surface area (Å²) in [5.74, 6) is -0.144. The Bertz CT molecular complexity index is 154. The standard InChI is InChI=1S/C8H15NO3/c1-5-7(10)9(2)6-8(11-3)12-4/h5,8H,1,6H2,2-4H3. The van der Waals surface area contributed by atoms with Gasteiger partial charge in [-0.3, -0.25) is 4.79 Å². The lowest BCUT2D eigenvalue weighted by Crippen LogP contribution is -2.34. The molecule has 0 saturated heterocycles. The van der Waals surface area contributed by atoms with Crippen molar-refractivity contribution < 1.29 is 14.3 Å². The number of ether oxygens (including phenoxy) is 2. The normalized spacial score (nSPS) is 10.0. The summed E-state index contributed by atoms with van der Waals surface area (Å²) in [5.41, 5.74) is 0. The fourth-order valence-corrected chi connectivity index (χ4v) is 0.715. The Morgan fingerprint density at radius 1 is 1.58 bits per heavy atom. The number of hydrogen-bond acceptors (Lipinski definition) is 3. The van der Waals surface area contributed by atoms with Gasteiger partial charge in [0.15, 0.2) is 6.29 Å². The molecular weight excluding hydrogens is 158 g/mol. The smallest absolute Gasteiger partial charge is 0.245 e. The van der Waals surface area contributed by atoms with E-state index in [0.717, 1.165) is 0 Å². The van der Waals surface area contributed by atoms with Gasteiger partial charge in [-0.05, 0) is 6.08 Å². The molecule has 0 fully saturated rings. The summed E-state index contributed by atoms with van der Waals surface area (Å²) in [6.07, 6.45) is 0.876. The summed E-state index contributed by atoms with van der Waals surface area (Å²) in [6, 6.07) is 0. The maximum Gasteiger partial charge on any atom is 0.245 e. The van der Waals surface area contributed by atoms with Gasteiger partial charge in [-0.1, -0.05) is 6.58 Å². The highest BCUT2D eigenvalue weighted by molar-refractivity contribution is 5.86. The van der Waals surface area contributed by atoms with E-state index in [9.17, 15) is 4.79 Å². The number of methoxy groups -OCH3 is 2. The van der Waals surface area contributed by atoms with Crippen LogP contribution in [0.1, 0.15) is 0 Å². The fourth-order valence-electron chi connectivity index (χ4n) is 0.715. The van der Waals surface area contributed by atoms with E-state index in [1.807, 2.05) is 0 Å². The van der Waals surface area contributed by atoms with E-state index in [0.29, 0.717) is 6.54 Å². The topological polar surface area (TPSA) is 38.8 Å². The molecule has 0 aromatic rings. The molecule has 12 heavy (non-hydrogen) atoms. The van der Waals surface area contributed by atoms with Gasteiger partial charge in [-0.15, -0.1) is 0 Å². The monoisotopic (exact) mass is 173 g/mol. The van der Waals surface area contributed by atoms with Gasteiger partial charge >= 0.3 is 0 Å². The SMILES string of the molecule is C=CC(=O)N(C)CC(OC)OC. The number of amides is 1. The van der Waals surface area contributed by atoms with E-state index in [4.69, 9.17) is 9.47 Å². The van der Waals surface area contributed by atoms with Crippen LogP contribution in [0.15, 0.2) is 12.7 Å². The van der Waals surface area contributed by atoms with Crippen LogP contribution in [0.25, 0.3) is 0 Å². The summed E-state index contributed by atoms with van der Waals surface area (Å²) in [7, 11) is 4.72. The third kappa shape index (κ3) is 3.50. The first kappa shape index (κ1) is 11.1. The minimum Gasteiger partial charge on any atom is -0.354 e. The molecule has 0 unspecified atom stereocenters. The number of likely N-dealkylation sites (N-methyl/N-ethyl adjacent to an activating group) is 1. The van der Waals surface area contributed by atoms with Crippen LogP contribution in [0.4, 0.5) is 0 Å². The molecular formula is C8H15NO3. The highest BCUT2D eigenvalue weighted by Gasteiger charge is 2.11. The van der Waals surface area contributed by atoms with Gasteiger partial charge in [0.2, 0.25) is 5.91 Å². The van der Waals surface area contributed by atoms with Crippen LogP contribution in [-0.4, -0.2) is 44.9 Å². The summed E-state index contributed by atoms with van der Waals surface area (Å²) >= 11 is 0. The van der Waals surface area contributed by atoms with Crippen molar-refractivity contribution in [3.8, 4) is 0 Å². The lowest BCUT2D eigenvalue weighted by atomic mass is 10.4. The average Bonchev–Trinajstić information content (AvgIpc) is 2.12. The van der Waals surface area contributed by atoms with Crippen molar-refractivity contribution in [3.63, 3.8) is 0 Å². The van der Waals surface area contributed by atoms with E-state index < -0.39 is 0 Å². The fraction of sp³-hybridized carbons (Fsp3) is 0.625. The molecule has 1 amide bonds. The van der Waals surface area contributed by atoms with Crippen LogP contribution >= 0.6 is 0 Å². The molecule has 4 nitrogen and oxygen atoms in total. The van der Waals surface area contributed by atoms with Gasteiger partial charge in [0.05, 0.1) is 6.54 Å². The van der Waals surface area contributed by atoms with Crippen molar-refractivity contribution in [2.45, 2.75) is 6.29 Å². The van der Waals surface area contributed by atoms with Crippen LogP contribution in [0.2, 0.25) is 0 Å². The van der Waals surface area contributed by atoms with Crippen molar-refractivity contribution in [1.82, 2.24) is 4.90 Å². The first-order valence-electron chi connectivity index (χ1n) is 3.58. The van der Waals surface area contributed by atoms with E-state index in [1.54, 1.807) is 7.05 Å². The maximum atomic E-state index is 11.0. The minimum absolute atomic E-state index is 0.144. The second-order valence-electron chi connectivity index (χ2n) is 2.32. The van der Waals surface area contributed by atoms with Crippen LogP contribution < -0.4 is 0 Å². The molecule has 0 N–H and O–H groups in total. The number of rotatable bonds is 5. The zero-order valence-corrected chi connectivity index (χ0v) is 7.74. The van der Waals surface area contributed by atoms with Gasteiger partial charge < -0.3 is 14.4 Å². The van der Waals surface area contributed by atoms with Gasteiger partial charge in [-0.2, -0.15) is 0 Å². The Morgan fingerprint density at radius 2 is 2.08 bits per heavy atom. The third-order valence-electron chi connectivity index (χ3n) is 1.50. The molecule has 0 atom stereocenters. The Morgan fingerprint density at radius 3 is 2.42 bits per heavy atom. The van der Waals surface area contributed by atoms with Crippen LogP contribution in [0.5, 0.6) is 0 Å². The minimum atomic E-state index is -0.376. The molecule has 0 aliphatic rings. The molecule has 0 aromatic carbocycles. The zero-order chi connectivity index (χ0) is 9.56. The maximum absolute atomic E-state index is 11.0. The van der Waals surface area contributed by atoms with Crippen LogP contribution in [0.3, 0.4) is 0 Å². The largest absolute Gasteiger partial charge is 0.354 e. The lowest BCUT2D eigenvalue weighted by Gasteiger charge is -2.20. The summed E-state index contributed by atoms with van der Waals surface area (Å²) in [4.78, 5) is 12.5. The number of carbonyl (C=O) groups is 1. The van der Waals surface area contributed by atoms with E-state index in [2.05, 4.69) is 6.58 Å². The highest BCUT2D eigenvalue weighted by Crippen LogP contribution is 1.95. The van der Waals surface area contributed by atoms with E-state index in [1.165, 1.54) is 25.2 Å². The quantitative estimate of drug-likeness (QED) is 0.442. The average molecular weight is 173 g/mol. The van der Waals surface area contributed by atoms with Crippen LogP contribution in [0, 0.1) is 0 Å². The Kier molecular flexibility index (Phi) is 5.32. The molecule has 0 aromatic heterocycles. The molecule has 0 bridgehead atoms. The summed E-state index contributed by atoms with van der Waals surface area (Å²) in [6.45, 7) is 3.77. The van der Waals surface area contributed by atoms with E-state index >= 15 is 0 Å². The van der Waals surface area contributed by atoms with Crippen LogP contribution in [-0.2, 0) is 14.3 Å². The first-order valence-corrected chi connectivity index (χ1v) is 3.58. The van der Waals surface area contributed by atoms with Gasteiger partial charge in [0.25, 0.3) is 0 Å². The third-order valence-corrected chi connectivity index (χ3v) is 1.50. The van der Waals surface area contributed by atoms with Crippen molar-refractivity contribution >= 4 is 5.91 Å².